The number of benzene rings is 1. The van der Waals surface area contributed by atoms with Gasteiger partial charge in [0.25, 0.3) is 0 Å². The number of aliphatic hydroxyl groups excluding tert-OH is 1. The number of hydrogen-bond donors (Lipinski definition) is 2. The summed E-state index contributed by atoms with van der Waals surface area (Å²) in [6, 6.07) is 4.20. The SMILES string of the molecule is COCC(O)CNCc1cc(F)ccc1Cl. The Morgan fingerprint density at radius 3 is 3.00 bits per heavy atom. The van der Waals surface area contributed by atoms with Gasteiger partial charge in [-0.25, -0.2) is 4.39 Å². The van der Waals surface area contributed by atoms with Gasteiger partial charge in [0.1, 0.15) is 5.82 Å². The number of hydrogen-bond acceptors (Lipinski definition) is 3. The molecule has 0 radical (unpaired) electrons. The standard InChI is InChI=1S/C11H15ClFNO2/c1-16-7-10(15)6-14-5-8-4-9(13)2-3-11(8)12/h2-4,10,14-15H,5-7H2,1H3. The van der Waals surface area contributed by atoms with Crippen LogP contribution in [0, 0.1) is 5.82 Å². The highest BCUT2D eigenvalue weighted by molar-refractivity contribution is 6.31. The summed E-state index contributed by atoms with van der Waals surface area (Å²) >= 11 is 5.88. The molecule has 0 saturated carbocycles. The fourth-order valence-electron chi connectivity index (χ4n) is 1.30. The molecule has 1 unspecified atom stereocenters. The molecule has 1 atom stereocenters. The number of nitrogens with one attached hydrogen (secondary N) is 1. The molecular weight excluding hydrogens is 233 g/mol. The molecule has 0 fully saturated rings. The number of aliphatic hydroxyl groups is 1. The summed E-state index contributed by atoms with van der Waals surface area (Å²) in [5, 5.41) is 12.8. The summed E-state index contributed by atoms with van der Waals surface area (Å²) < 4.78 is 17.7. The molecule has 3 nitrogen and oxygen atoms in total. The molecule has 0 aliphatic heterocycles. The summed E-state index contributed by atoms with van der Waals surface area (Å²) in [7, 11) is 1.52. The summed E-state index contributed by atoms with van der Waals surface area (Å²) in [4.78, 5) is 0. The quantitative estimate of drug-likeness (QED) is 0.802. The van der Waals surface area contributed by atoms with Crippen molar-refractivity contribution in [1.29, 1.82) is 0 Å². The maximum Gasteiger partial charge on any atom is 0.123 e. The molecule has 0 aliphatic rings. The van der Waals surface area contributed by atoms with Gasteiger partial charge in [-0.2, -0.15) is 0 Å². The third kappa shape index (κ3) is 4.45. The molecule has 0 heterocycles. The lowest BCUT2D eigenvalue weighted by atomic mass is 10.2. The minimum absolute atomic E-state index is 0.268. The van der Waals surface area contributed by atoms with E-state index in [9.17, 15) is 9.50 Å². The van der Waals surface area contributed by atoms with Gasteiger partial charge in [-0.05, 0) is 23.8 Å². The molecule has 1 aromatic carbocycles. The largest absolute Gasteiger partial charge is 0.389 e. The van der Waals surface area contributed by atoms with Crippen molar-refractivity contribution >= 4 is 11.6 Å². The molecule has 90 valence electrons. The van der Waals surface area contributed by atoms with Crippen LogP contribution in [0.4, 0.5) is 4.39 Å². The highest BCUT2D eigenvalue weighted by Gasteiger charge is 2.05. The molecule has 0 saturated heterocycles. The molecule has 0 amide bonds. The number of halogens is 2. The lowest BCUT2D eigenvalue weighted by molar-refractivity contribution is 0.0644. The molecular formula is C11H15ClFNO2. The summed E-state index contributed by atoms with van der Waals surface area (Å²) in [5.41, 5.74) is 0.672. The van der Waals surface area contributed by atoms with Crippen LogP contribution in [0.25, 0.3) is 0 Å². The van der Waals surface area contributed by atoms with Gasteiger partial charge >= 0.3 is 0 Å². The first-order chi connectivity index (χ1) is 7.63. The van der Waals surface area contributed by atoms with Crippen LogP contribution >= 0.6 is 11.6 Å². The van der Waals surface area contributed by atoms with E-state index in [4.69, 9.17) is 16.3 Å². The monoisotopic (exact) mass is 247 g/mol. The van der Waals surface area contributed by atoms with Gasteiger partial charge in [-0.1, -0.05) is 11.6 Å². The maximum absolute atomic E-state index is 12.9. The van der Waals surface area contributed by atoms with Crippen LogP contribution in [0.2, 0.25) is 5.02 Å². The van der Waals surface area contributed by atoms with E-state index in [0.29, 0.717) is 23.7 Å². The first kappa shape index (κ1) is 13.4. The van der Waals surface area contributed by atoms with Crippen molar-refractivity contribution in [1.82, 2.24) is 5.32 Å². The molecule has 0 aliphatic carbocycles. The average Bonchev–Trinajstić information content (AvgIpc) is 2.23. The highest BCUT2D eigenvalue weighted by Crippen LogP contribution is 2.16. The van der Waals surface area contributed by atoms with Crippen LogP contribution in [-0.2, 0) is 11.3 Å². The lowest BCUT2D eigenvalue weighted by Gasteiger charge is -2.11. The third-order valence-corrected chi connectivity index (χ3v) is 2.43. The molecule has 0 aromatic heterocycles. The molecule has 5 heteroatoms. The molecule has 2 N–H and O–H groups in total. The summed E-state index contributed by atoms with van der Waals surface area (Å²) in [6.07, 6.45) is -0.572. The second kappa shape index (κ2) is 6.81. The van der Waals surface area contributed by atoms with Crippen molar-refractivity contribution in [2.45, 2.75) is 12.6 Å². The predicted octanol–water partition coefficient (Wildman–Crippen LogP) is 1.58. The van der Waals surface area contributed by atoms with Crippen molar-refractivity contribution in [2.75, 3.05) is 20.3 Å². The van der Waals surface area contributed by atoms with E-state index in [1.54, 1.807) is 0 Å². The minimum Gasteiger partial charge on any atom is -0.389 e. The van der Waals surface area contributed by atoms with Gasteiger partial charge in [0, 0.05) is 25.2 Å². The normalized spacial score (nSPS) is 12.8. The Bertz CT molecular complexity index is 336. The Morgan fingerprint density at radius 2 is 2.31 bits per heavy atom. The molecule has 0 bridgehead atoms. The average molecular weight is 248 g/mol. The van der Waals surface area contributed by atoms with Crippen molar-refractivity contribution in [2.24, 2.45) is 0 Å². The van der Waals surface area contributed by atoms with Crippen LogP contribution in [0.5, 0.6) is 0 Å². The Kier molecular flexibility index (Phi) is 5.69. The van der Waals surface area contributed by atoms with Gasteiger partial charge in [-0.15, -0.1) is 0 Å². The summed E-state index contributed by atoms with van der Waals surface area (Å²) in [6.45, 7) is 1.06. The predicted molar refractivity (Wildman–Crippen MR) is 61.0 cm³/mol. The minimum atomic E-state index is -0.572. The van der Waals surface area contributed by atoms with Crippen LogP contribution in [0.3, 0.4) is 0 Å². The fourth-order valence-corrected chi connectivity index (χ4v) is 1.49. The van der Waals surface area contributed by atoms with Crippen molar-refractivity contribution in [3.63, 3.8) is 0 Å². The molecule has 1 aromatic rings. The van der Waals surface area contributed by atoms with Gasteiger partial charge in [-0.3, -0.25) is 0 Å². The van der Waals surface area contributed by atoms with E-state index in [0.717, 1.165) is 0 Å². The van der Waals surface area contributed by atoms with E-state index < -0.39 is 6.10 Å². The second-order valence-electron chi connectivity index (χ2n) is 3.48. The van der Waals surface area contributed by atoms with Gasteiger partial charge in [0.05, 0.1) is 12.7 Å². The lowest BCUT2D eigenvalue weighted by Crippen LogP contribution is -2.29. The van der Waals surface area contributed by atoms with Gasteiger partial charge in [0.15, 0.2) is 0 Å². The van der Waals surface area contributed by atoms with Crippen LogP contribution < -0.4 is 5.32 Å². The van der Waals surface area contributed by atoms with E-state index in [1.807, 2.05) is 0 Å². The zero-order valence-corrected chi connectivity index (χ0v) is 9.80. The Labute approximate surface area is 99.2 Å². The van der Waals surface area contributed by atoms with Crippen LogP contribution in [0.1, 0.15) is 5.56 Å². The van der Waals surface area contributed by atoms with Crippen LogP contribution in [0.15, 0.2) is 18.2 Å². The Balaban J connectivity index is 2.39. The Morgan fingerprint density at radius 1 is 1.56 bits per heavy atom. The first-order valence-corrected chi connectivity index (χ1v) is 5.33. The first-order valence-electron chi connectivity index (χ1n) is 4.95. The topological polar surface area (TPSA) is 41.5 Å². The van der Waals surface area contributed by atoms with Gasteiger partial charge < -0.3 is 15.2 Å². The zero-order valence-electron chi connectivity index (χ0n) is 9.04. The zero-order chi connectivity index (χ0) is 12.0. The van der Waals surface area contributed by atoms with Crippen molar-refractivity contribution in [3.8, 4) is 0 Å². The van der Waals surface area contributed by atoms with E-state index in [2.05, 4.69) is 5.32 Å². The van der Waals surface area contributed by atoms with Crippen molar-refractivity contribution in [3.05, 3.63) is 34.6 Å². The van der Waals surface area contributed by atoms with E-state index >= 15 is 0 Å². The van der Waals surface area contributed by atoms with Crippen molar-refractivity contribution < 1.29 is 14.2 Å². The number of ether oxygens (including phenoxy) is 1. The fraction of sp³-hybridized carbons (Fsp3) is 0.455. The van der Waals surface area contributed by atoms with E-state index in [1.165, 1.54) is 25.3 Å². The number of methoxy groups -OCH3 is 1. The van der Waals surface area contributed by atoms with Crippen LogP contribution in [-0.4, -0.2) is 31.5 Å². The molecule has 0 spiro atoms. The smallest absolute Gasteiger partial charge is 0.123 e. The second-order valence-corrected chi connectivity index (χ2v) is 3.88. The Hall–Kier alpha value is -0.680. The van der Waals surface area contributed by atoms with E-state index in [-0.39, 0.29) is 12.4 Å². The maximum atomic E-state index is 12.9. The molecule has 1 rings (SSSR count). The summed E-state index contributed by atoms with van der Waals surface area (Å²) in [5.74, 6) is -0.321. The van der Waals surface area contributed by atoms with Gasteiger partial charge in [0.2, 0.25) is 0 Å². The number of rotatable bonds is 6. The third-order valence-electron chi connectivity index (χ3n) is 2.06. The molecule has 16 heavy (non-hydrogen) atoms. The highest BCUT2D eigenvalue weighted by atomic mass is 35.5.